The molecule has 2 aliphatic rings. The molecule has 1 fully saturated rings. The number of nitrogens with two attached hydrogens (primary N) is 1. The van der Waals surface area contributed by atoms with Gasteiger partial charge in [0.15, 0.2) is 17.2 Å². The summed E-state index contributed by atoms with van der Waals surface area (Å²) < 4.78 is 29.7. The molecule has 3 aromatic heterocycles. The molecule has 6 rings (SSSR count). The number of nitrogen functional groups attached to an aromatic ring is 1. The summed E-state index contributed by atoms with van der Waals surface area (Å²) in [6.45, 7) is 0.550. The Morgan fingerprint density at radius 3 is 2.84 bits per heavy atom. The van der Waals surface area contributed by atoms with Gasteiger partial charge in [-0.1, -0.05) is 17.9 Å². The molecule has 0 bridgehead atoms. The van der Waals surface area contributed by atoms with Crippen molar-refractivity contribution in [3.8, 4) is 11.8 Å². The zero-order valence-electron chi connectivity index (χ0n) is 19.8. The van der Waals surface area contributed by atoms with Crippen LogP contribution in [0.25, 0.3) is 11.0 Å². The van der Waals surface area contributed by atoms with Crippen LogP contribution in [0.15, 0.2) is 42.7 Å². The molecular formula is C26H21F2N7O2. The van der Waals surface area contributed by atoms with Crippen LogP contribution in [-0.4, -0.2) is 54.5 Å². The highest BCUT2D eigenvalue weighted by Crippen LogP contribution is 2.47. The van der Waals surface area contributed by atoms with E-state index in [1.165, 1.54) is 29.2 Å². The zero-order chi connectivity index (χ0) is 25.9. The van der Waals surface area contributed by atoms with E-state index in [0.29, 0.717) is 35.3 Å². The van der Waals surface area contributed by atoms with Gasteiger partial charge in [-0.25, -0.2) is 13.8 Å². The molecule has 1 atom stereocenters. The number of rotatable bonds is 3. The van der Waals surface area contributed by atoms with Gasteiger partial charge in [0.05, 0.1) is 35.9 Å². The van der Waals surface area contributed by atoms with E-state index < -0.39 is 23.1 Å². The average molecular weight is 501 g/mol. The van der Waals surface area contributed by atoms with Crippen LogP contribution in [0.1, 0.15) is 33.6 Å². The maximum Gasteiger partial charge on any atom is 0.255 e. The fourth-order valence-electron chi connectivity index (χ4n) is 5.22. The van der Waals surface area contributed by atoms with Gasteiger partial charge in [-0.2, -0.15) is 5.10 Å². The van der Waals surface area contributed by atoms with Crippen LogP contribution in [-0.2, 0) is 23.9 Å². The number of H-pyrrole nitrogens is 1. The minimum absolute atomic E-state index is 0.00790. The lowest BCUT2D eigenvalue weighted by Crippen LogP contribution is -2.49. The van der Waals surface area contributed by atoms with Gasteiger partial charge in [0, 0.05) is 49.1 Å². The average Bonchev–Trinajstić information content (AvgIpc) is 3.59. The van der Waals surface area contributed by atoms with Gasteiger partial charge in [-0.15, -0.1) is 0 Å². The van der Waals surface area contributed by atoms with Crippen molar-refractivity contribution in [2.45, 2.75) is 18.5 Å². The Bertz CT molecular complexity index is 1630. The zero-order valence-corrected chi connectivity index (χ0v) is 19.8. The number of nitrogens with one attached hydrogen (secondary N) is 1. The highest BCUT2D eigenvalue weighted by molar-refractivity contribution is 6.07. The quantitative estimate of drug-likeness (QED) is 0.419. The third-order valence-corrected chi connectivity index (χ3v) is 6.92. The number of amides is 2. The van der Waals surface area contributed by atoms with Gasteiger partial charge in [-0.05, 0) is 18.2 Å². The first-order valence-electron chi connectivity index (χ1n) is 11.6. The lowest BCUT2D eigenvalue weighted by Gasteiger charge is -2.34. The molecule has 37 heavy (non-hydrogen) atoms. The van der Waals surface area contributed by atoms with Crippen LogP contribution in [0.4, 0.5) is 14.6 Å². The smallest absolute Gasteiger partial charge is 0.255 e. The van der Waals surface area contributed by atoms with E-state index in [1.807, 2.05) is 0 Å². The lowest BCUT2D eigenvalue weighted by atomic mass is 9.87. The summed E-state index contributed by atoms with van der Waals surface area (Å²) in [7, 11) is 1.79. The predicted molar refractivity (Wildman–Crippen MR) is 130 cm³/mol. The second-order valence-corrected chi connectivity index (χ2v) is 9.21. The first kappa shape index (κ1) is 22.7. The molecular weight excluding hydrogens is 480 g/mol. The van der Waals surface area contributed by atoms with Crippen molar-refractivity contribution >= 4 is 28.7 Å². The Kier molecular flexibility index (Phi) is 5.01. The monoisotopic (exact) mass is 501 g/mol. The van der Waals surface area contributed by atoms with E-state index in [-0.39, 0.29) is 30.4 Å². The minimum Gasteiger partial charge on any atom is -0.381 e. The minimum atomic E-state index is -1.30. The molecule has 0 unspecified atom stereocenters. The van der Waals surface area contributed by atoms with Crippen molar-refractivity contribution in [1.82, 2.24) is 29.5 Å². The number of nitrogens with zero attached hydrogens (tertiary/aromatic N) is 5. The second kappa shape index (κ2) is 8.16. The van der Waals surface area contributed by atoms with E-state index in [4.69, 9.17) is 5.73 Å². The first-order chi connectivity index (χ1) is 17.8. The first-order valence-corrected chi connectivity index (χ1v) is 11.6. The van der Waals surface area contributed by atoms with Gasteiger partial charge in [0.25, 0.3) is 11.8 Å². The molecule has 1 saturated heterocycles. The van der Waals surface area contributed by atoms with E-state index in [1.54, 1.807) is 35.1 Å². The number of aryl methyl sites for hydroxylation is 1. The number of aromatic amines is 1. The fraction of sp³-hybridized carbons (Fsp3) is 0.231. The molecule has 1 spiro atoms. The number of carbonyl (C=O) groups is 2. The molecule has 2 aliphatic heterocycles. The SMILES string of the molecule is Cn1cc(C#CCN2CC[C@@]3(C2=O)c2ccc(F)cc2C(=O)N3Cc2cc3nc(N)c(F)cc3[nH]2)cn1. The Labute approximate surface area is 209 Å². The van der Waals surface area contributed by atoms with Crippen molar-refractivity contribution in [1.29, 1.82) is 0 Å². The molecule has 3 N–H and O–H groups in total. The van der Waals surface area contributed by atoms with Crippen molar-refractivity contribution in [3.63, 3.8) is 0 Å². The number of halogens is 2. The van der Waals surface area contributed by atoms with E-state index in [0.717, 1.165) is 5.56 Å². The van der Waals surface area contributed by atoms with Gasteiger partial charge >= 0.3 is 0 Å². The molecule has 186 valence electrons. The molecule has 0 aliphatic carbocycles. The predicted octanol–water partition coefficient (Wildman–Crippen LogP) is 2.29. The number of carbonyl (C=O) groups excluding carboxylic acids is 2. The fourth-order valence-corrected chi connectivity index (χ4v) is 5.22. The number of hydrogen-bond donors (Lipinski definition) is 2. The number of benzene rings is 1. The lowest BCUT2D eigenvalue weighted by molar-refractivity contribution is -0.136. The van der Waals surface area contributed by atoms with Crippen LogP contribution in [0.5, 0.6) is 0 Å². The summed E-state index contributed by atoms with van der Waals surface area (Å²) in [6.07, 6.45) is 3.74. The van der Waals surface area contributed by atoms with Gasteiger partial charge in [0.2, 0.25) is 0 Å². The summed E-state index contributed by atoms with van der Waals surface area (Å²) in [5, 5.41) is 4.08. The van der Waals surface area contributed by atoms with E-state index in [9.17, 15) is 18.4 Å². The van der Waals surface area contributed by atoms with Crippen molar-refractivity contribution < 1.29 is 18.4 Å². The standard InChI is InChI=1S/C26H21F2N7O2/c1-33-13-15(12-30-33)3-2-7-34-8-6-26(25(34)37)19-5-4-16(27)9-18(19)24(36)35(26)14-17-10-21-22(31-17)11-20(28)23(29)32-21/h4-5,9-13,31H,6-8,14H2,1H3,(H2,29,32)/t26-/m0/s1. The van der Waals surface area contributed by atoms with Crippen LogP contribution >= 0.6 is 0 Å². The van der Waals surface area contributed by atoms with Crippen molar-refractivity contribution in [3.05, 3.63) is 76.7 Å². The largest absolute Gasteiger partial charge is 0.381 e. The van der Waals surface area contributed by atoms with Crippen LogP contribution < -0.4 is 5.73 Å². The molecule has 0 saturated carbocycles. The van der Waals surface area contributed by atoms with E-state index in [2.05, 4.69) is 26.9 Å². The second-order valence-electron chi connectivity index (χ2n) is 9.21. The Morgan fingerprint density at radius 2 is 2.05 bits per heavy atom. The maximum absolute atomic E-state index is 14.1. The summed E-state index contributed by atoms with van der Waals surface area (Å²) in [5.74, 6) is 3.81. The van der Waals surface area contributed by atoms with Gasteiger partial charge in [0.1, 0.15) is 5.82 Å². The number of pyridine rings is 1. The molecule has 0 radical (unpaired) electrons. The third-order valence-electron chi connectivity index (χ3n) is 6.92. The molecule has 5 heterocycles. The number of aromatic nitrogens is 4. The van der Waals surface area contributed by atoms with Crippen LogP contribution in [0.2, 0.25) is 0 Å². The highest BCUT2D eigenvalue weighted by Gasteiger charge is 2.59. The summed E-state index contributed by atoms with van der Waals surface area (Å²) >= 11 is 0. The maximum atomic E-state index is 14.1. The van der Waals surface area contributed by atoms with Crippen LogP contribution in [0, 0.1) is 23.5 Å². The summed E-state index contributed by atoms with van der Waals surface area (Å²) in [4.78, 5) is 37.6. The van der Waals surface area contributed by atoms with Crippen molar-refractivity contribution in [2.24, 2.45) is 7.05 Å². The summed E-state index contributed by atoms with van der Waals surface area (Å²) in [6, 6.07) is 6.82. The Morgan fingerprint density at radius 1 is 1.22 bits per heavy atom. The summed E-state index contributed by atoms with van der Waals surface area (Å²) in [5.41, 5.74) is 7.03. The van der Waals surface area contributed by atoms with Gasteiger partial charge in [-0.3, -0.25) is 14.3 Å². The number of fused-ring (bicyclic) bond motifs is 3. The number of anilines is 1. The highest BCUT2D eigenvalue weighted by atomic mass is 19.1. The molecule has 9 nitrogen and oxygen atoms in total. The molecule has 2 amide bonds. The molecule has 11 heteroatoms. The Hall–Kier alpha value is -4.72. The van der Waals surface area contributed by atoms with E-state index >= 15 is 0 Å². The topological polar surface area (TPSA) is 113 Å². The number of hydrogen-bond acceptors (Lipinski definition) is 5. The third kappa shape index (κ3) is 3.52. The van der Waals surface area contributed by atoms with Crippen molar-refractivity contribution in [2.75, 3.05) is 18.8 Å². The molecule has 4 aromatic rings. The Balaban J connectivity index is 1.36. The normalized spacial score (nSPS) is 18.7. The van der Waals surface area contributed by atoms with Crippen LogP contribution in [0.3, 0.4) is 0 Å². The van der Waals surface area contributed by atoms with Gasteiger partial charge < -0.3 is 20.5 Å². The molecule has 1 aromatic carbocycles. The number of likely N-dealkylation sites (tertiary alicyclic amines) is 1.